The highest BCUT2D eigenvalue weighted by Crippen LogP contribution is 2.31. The summed E-state index contributed by atoms with van der Waals surface area (Å²) < 4.78 is 7.95. The average molecular weight is 375 g/mol. The first-order valence-corrected chi connectivity index (χ1v) is 9.38. The Hall–Kier alpha value is -3.19. The number of hydrogen-bond donors (Lipinski definition) is 0. The lowest BCUT2D eigenvalue weighted by atomic mass is 10.2. The molecule has 4 rings (SSSR count). The summed E-state index contributed by atoms with van der Waals surface area (Å²) in [4.78, 5) is 8.24. The molecule has 0 saturated heterocycles. The van der Waals surface area contributed by atoms with Crippen LogP contribution in [0, 0.1) is 0 Å². The molecule has 7 heteroatoms. The Morgan fingerprint density at radius 2 is 1.74 bits per heavy atom. The highest BCUT2D eigenvalue weighted by molar-refractivity contribution is 7.98. The Kier molecular flexibility index (Phi) is 5.11. The Labute approximate surface area is 161 Å². The van der Waals surface area contributed by atoms with E-state index in [1.165, 1.54) is 0 Å². The summed E-state index contributed by atoms with van der Waals surface area (Å²) in [5, 5.41) is 9.46. The first-order valence-electron chi connectivity index (χ1n) is 8.39. The van der Waals surface area contributed by atoms with Gasteiger partial charge >= 0.3 is 0 Å². The number of pyridine rings is 2. The van der Waals surface area contributed by atoms with E-state index in [-0.39, 0.29) is 0 Å². The Balaban J connectivity index is 1.51. The molecule has 0 spiro atoms. The van der Waals surface area contributed by atoms with Crippen molar-refractivity contribution < 1.29 is 4.74 Å². The van der Waals surface area contributed by atoms with Gasteiger partial charge in [-0.2, -0.15) is 0 Å². The fraction of sp³-hybridized carbons (Fsp3) is 0.100. The molecule has 0 radical (unpaired) electrons. The van der Waals surface area contributed by atoms with Crippen LogP contribution in [0.4, 0.5) is 0 Å². The van der Waals surface area contributed by atoms with Crippen LogP contribution >= 0.6 is 11.8 Å². The van der Waals surface area contributed by atoms with Crippen LogP contribution in [-0.4, -0.2) is 24.7 Å². The summed E-state index contributed by atoms with van der Waals surface area (Å²) in [5.74, 6) is 3.04. The summed E-state index contributed by atoms with van der Waals surface area (Å²) in [6, 6.07) is 15.6. The lowest BCUT2D eigenvalue weighted by Crippen LogP contribution is -1.96. The lowest BCUT2D eigenvalue weighted by molar-refractivity contribution is 0.476. The molecule has 0 aliphatic heterocycles. The van der Waals surface area contributed by atoms with E-state index >= 15 is 0 Å². The number of hydrogen-bond acceptors (Lipinski definition) is 6. The molecule has 0 N–H and O–H groups in total. The molecule has 0 bridgehead atoms. The smallest absolute Gasteiger partial charge is 0.191 e. The lowest BCUT2D eigenvalue weighted by Gasteiger charge is -2.10. The molecule has 3 aromatic heterocycles. The van der Waals surface area contributed by atoms with Gasteiger partial charge in [0.25, 0.3) is 0 Å². The predicted octanol–water partition coefficient (Wildman–Crippen LogP) is 4.36. The van der Waals surface area contributed by atoms with Gasteiger partial charge in [0.2, 0.25) is 0 Å². The minimum atomic E-state index is 0.715. The van der Waals surface area contributed by atoms with Crippen molar-refractivity contribution in [3.8, 4) is 22.9 Å². The SMILES string of the molecule is Cn1c(SCc2ccccc2Oc2cccnc2)nnc1-c1cccnc1. The molecule has 0 amide bonds. The van der Waals surface area contributed by atoms with E-state index in [1.54, 1.807) is 36.5 Å². The van der Waals surface area contributed by atoms with Gasteiger partial charge in [0.15, 0.2) is 11.0 Å². The van der Waals surface area contributed by atoms with Crippen LogP contribution in [0.15, 0.2) is 78.5 Å². The van der Waals surface area contributed by atoms with Gasteiger partial charge in [0.1, 0.15) is 11.5 Å². The second kappa shape index (κ2) is 8.01. The van der Waals surface area contributed by atoms with Crippen molar-refractivity contribution in [1.29, 1.82) is 0 Å². The summed E-state index contributed by atoms with van der Waals surface area (Å²) >= 11 is 1.61. The van der Waals surface area contributed by atoms with Crippen LogP contribution in [0.25, 0.3) is 11.4 Å². The number of aromatic nitrogens is 5. The highest BCUT2D eigenvalue weighted by Gasteiger charge is 2.13. The van der Waals surface area contributed by atoms with Crippen LogP contribution in [0.2, 0.25) is 0 Å². The molecule has 27 heavy (non-hydrogen) atoms. The van der Waals surface area contributed by atoms with Gasteiger partial charge in [0, 0.05) is 42.5 Å². The number of rotatable bonds is 6. The zero-order valence-electron chi connectivity index (χ0n) is 14.7. The third-order valence-corrected chi connectivity index (χ3v) is 5.02. The van der Waals surface area contributed by atoms with E-state index in [2.05, 4.69) is 26.2 Å². The van der Waals surface area contributed by atoms with Gasteiger partial charge in [-0.15, -0.1) is 10.2 Å². The van der Waals surface area contributed by atoms with Gasteiger partial charge < -0.3 is 9.30 Å². The molecule has 0 atom stereocenters. The normalized spacial score (nSPS) is 10.7. The summed E-state index contributed by atoms with van der Waals surface area (Å²) in [6.45, 7) is 0. The third kappa shape index (κ3) is 3.98. The van der Waals surface area contributed by atoms with Crippen LogP contribution in [0.1, 0.15) is 5.56 Å². The van der Waals surface area contributed by atoms with Crippen LogP contribution in [0.3, 0.4) is 0 Å². The van der Waals surface area contributed by atoms with E-state index in [0.717, 1.165) is 33.6 Å². The van der Waals surface area contributed by atoms with Crippen molar-refractivity contribution in [1.82, 2.24) is 24.7 Å². The van der Waals surface area contributed by atoms with Crippen molar-refractivity contribution in [2.24, 2.45) is 7.05 Å². The molecular weight excluding hydrogens is 358 g/mol. The Morgan fingerprint density at radius 1 is 0.926 bits per heavy atom. The minimum absolute atomic E-state index is 0.715. The summed E-state index contributed by atoms with van der Waals surface area (Å²) in [5.41, 5.74) is 2.02. The number of benzene rings is 1. The molecule has 0 unspecified atom stereocenters. The Morgan fingerprint density at radius 3 is 2.52 bits per heavy atom. The third-order valence-electron chi connectivity index (χ3n) is 3.95. The number of thioether (sulfide) groups is 1. The van der Waals surface area contributed by atoms with E-state index < -0.39 is 0 Å². The van der Waals surface area contributed by atoms with Crippen LogP contribution < -0.4 is 4.74 Å². The van der Waals surface area contributed by atoms with Crippen molar-refractivity contribution in [2.45, 2.75) is 10.9 Å². The second-order valence-corrected chi connectivity index (χ2v) is 6.74. The first kappa shape index (κ1) is 17.2. The first-order chi connectivity index (χ1) is 13.3. The molecular formula is C20H17N5OS. The van der Waals surface area contributed by atoms with Gasteiger partial charge in [-0.1, -0.05) is 30.0 Å². The number of ether oxygens (including phenoxy) is 1. The van der Waals surface area contributed by atoms with Crippen LogP contribution in [0.5, 0.6) is 11.5 Å². The molecule has 0 aliphatic carbocycles. The summed E-state index contributed by atoms with van der Waals surface area (Å²) in [6.07, 6.45) is 6.96. The van der Waals surface area contributed by atoms with Crippen molar-refractivity contribution in [2.75, 3.05) is 0 Å². The Bertz CT molecular complexity index is 1020. The van der Waals surface area contributed by atoms with Crippen molar-refractivity contribution in [3.63, 3.8) is 0 Å². The summed E-state index contributed by atoms with van der Waals surface area (Å²) in [7, 11) is 1.96. The standard InChI is InChI=1S/C20H17N5OS/c1-25-19(15-7-4-10-21-12-15)23-24-20(25)27-14-16-6-2-3-9-18(16)26-17-8-5-11-22-13-17/h2-13H,14H2,1H3. The topological polar surface area (TPSA) is 65.7 Å². The zero-order valence-corrected chi connectivity index (χ0v) is 15.5. The monoisotopic (exact) mass is 375 g/mol. The van der Waals surface area contributed by atoms with E-state index in [9.17, 15) is 0 Å². The zero-order chi connectivity index (χ0) is 18.5. The quantitative estimate of drug-likeness (QED) is 0.467. The van der Waals surface area contributed by atoms with Gasteiger partial charge in [-0.25, -0.2) is 0 Å². The number of para-hydroxylation sites is 1. The molecule has 134 valence electrons. The highest BCUT2D eigenvalue weighted by atomic mass is 32.2. The average Bonchev–Trinajstić information content (AvgIpc) is 3.09. The van der Waals surface area contributed by atoms with E-state index in [1.807, 2.05) is 54.1 Å². The van der Waals surface area contributed by atoms with Crippen molar-refractivity contribution >= 4 is 11.8 Å². The van der Waals surface area contributed by atoms with Gasteiger partial charge in [-0.3, -0.25) is 9.97 Å². The molecule has 0 aliphatic rings. The molecule has 0 saturated carbocycles. The largest absolute Gasteiger partial charge is 0.455 e. The molecule has 0 fully saturated rings. The fourth-order valence-corrected chi connectivity index (χ4v) is 3.49. The van der Waals surface area contributed by atoms with Crippen molar-refractivity contribution in [3.05, 3.63) is 78.9 Å². The van der Waals surface area contributed by atoms with Crippen LogP contribution in [-0.2, 0) is 12.8 Å². The minimum Gasteiger partial charge on any atom is -0.455 e. The number of nitrogens with zero attached hydrogens (tertiary/aromatic N) is 5. The van der Waals surface area contributed by atoms with Gasteiger partial charge in [-0.05, 0) is 30.3 Å². The maximum atomic E-state index is 5.98. The maximum Gasteiger partial charge on any atom is 0.191 e. The van der Waals surface area contributed by atoms with Gasteiger partial charge in [0.05, 0.1) is 6.20 Å². The van der Waals surface area contributed by atoms with E-state index in [0.29, 0.717) is 5.75 Å². The molecule has 6 nitrogen and oxygen atoms in total. The molecule has 1 aromatic carbocycles. The predicted molar refractivity (Wildman–Crippen MR) is 105 cm³/mol. The maximum absolute atomic E-state index is 5.98. The fourth-order valence-electron chi connectivity index (χ4n) is 2.59. The van der Waals surface area contributed by atoms with E-state index in [4.69, 9.17) is 4.74 Å². The molecule has 4 aromatic rings. The second-order valence-electron chi connectivity index (χ2n) is 5.79. The molecule has 3 heterocycles.